The summed E-state index contributed by atoms with van der Waals surface area (Å²) in [5, 5.41) is 7.65. The van der Waals surface area contributed by atoms with E-state index in [9.17, 15) is 0 Å². The molecule has 0 spiro atoms. The van der Waals surface area contributed by atoms with Gasteiger partial charge < -0.3 is 10.3 Å². The molecule has 2 heterocycles. The van der Waals surface area contributed by atoms with Gasteiger partial charge in [0.2, 0.25) is 0 Å². The van der Waals surface area contributed by atoms with E-state index in [-0.39, 0.29) is 0 Å². The fourth-order valence-corrected chi connectivity index (χ4v) is 2.45. The Hall–Kier alpha value is -2.07. The highest BCUT2D eigenvalue weighted by Crippen LogP contribution is 2.19. The number of rotatable bonds is 4. The Labute approximate surface area is 110 Å². The number of nitrogens with one attached hydrogen (secondary N) is 2. The summed E-state index contributed by atoms with van der Waals surface area (Å²) in [6.45, 7) is 0.868. The molecule has 90 valence electrons. The molecule has 18 heavy (non-hydrogen) atoms. The van der Waals surface area contributed by atoms with Crippen LogP contribution in [0.15, 0.2) is 53.6 Å². The summed E-state index contributed by atoms with van der Waals surface area (Å²) in [5.41, 5.74) is 4.63. The van der Waals surface area contributed by atoms with Crippen molar-refractivity contribution in [1.82, 2.24) is 9.97 Å². The second-order valence-corrected chi connectivity index (χ2v) is 4.81. The van der Waals surface area contributed by atoms with Gasteiger partial charge in [-0.1, -0.05) is 12.1 Å². The van der Waals surface area contributed by atoms with Crippen molar-refractivity contribution in [2.75, 3.05) is 5.32 Å². The maximum atomic E-state index is 4.02. The molecule has 0 unspecified atom stereocenters. The zero-order chi connectivity index (χ0) is 12.2. The van der Waals surface area contributed by atoms with E-state index in [4.69, 9.17) is 0 Å². The maximum absolute atomic E-state index is 4.02. The molecule has 3 aromatic rings. The van der Waals surface area contributed by atoms with Crippen LogP contribution in [0.2, 0.25) is 0 Å². The molecule has 4 heteroatoms. The number of aromatic amines is 1. The first-order chi connectivity index (χ1) is 8.92. The van der Waals surface area contributed by atoms with E-state index in [0.717, 1.165) is 23.5 Å². The number of hydrogen-bond acceptors (Lipinski definition) is 3. The van der Waals surface area contributed by atoms with E-state index < -0.39 is 0 Å². The highest BCUT2D eigenvalue weighted by atomic mass is 32.1. The van der Waals surface area contributed by atoms with Crippen molar-refractivity contribution in [3.05, 3.63) is 59.2 Å². The molecule has 0 amide bonds. The minimum atomic E-state index is 0.868. The number of nitrogens with zero attached hydrogens (tertiary/aromatic N) is 1. The monoisotopic (exact) mass is 255 g/mol. The van der Waals surface area contributed by atoms with E-state index in [0.29, 0.717) is 0 Å². The van der Waals surface area contributed by atoms with Crippen LogP contribution in [0.4, 0.5) is 5.69 Å². The molecular formula is C14H13N3S. The van der Waals surface area contributed by atoms with Gasteiger partial charge in [0.1, 0.15) is 0 Å². The third-order valence-electron chi connectivity index (χ3n) is 2.77. The maximum Gasteiger partial charge on any atom is 0.0924 e. The van der Waals surface area contributed by atoms with E-state index >= 15 is 0 Å². The lowest BCUT2D eigenvalue weighted by Crippen LogP contribution is -1.97. The molecule has 3 nitrogen and oxygen atoms in total. The smallest absolute Gasteiger partial charge is 0.0924 e. The summed E-state index contributed by atoms with van der Waals surface area (Å²) in [6, 6.07) is 10.5. The number of imidazole rings is 1. The molecule has 0 aliphatic carbocycles. The lowest BCUT2D eigenvalue weighted by molar-refractivity contribution is 1.16. The van der Waals surface area contributed by atoms with Gasteiger partial charge in [0, 0.05) is 12.2 Å². The second kappa shape index (κ2) is 5.06. The van der Waals surface area contributed by atoms with Crippen LogP contribution in [-0.2, 0) is 6.54 Å². The average molecular weight is 255 g/mol. The standard InChI is InChI=1S/C14H13N3S/c1-3-13(16-7-11-5-6-18-9-11)4-2-12(1)14-8-15-10-17-14/h1-6,8-10,16H,7H2,(H,15,17). The predicted molar refractivity (Wildman–Crippen MR) is 75.7 cm³/mol. The van der Waals surface area contributed by atoms with Crippen LogP contribution in [0.5, 0.6) is 0 Å². The van der Waals surface area contributed by atoms with Crippen molar-refractivity contribution < 1.29 is 0 Å². The number of H-pyrrole nitrogens is 1. The van der Waals surface area contributed by atoms with Crippen LogP contribution in [0.3, 0.4) is 0 Å². The first kappa shape index (κ1) is 11.0. The molecule has 1 aromatic carbocycles. The van der Waals surface area contributed by atoms with Crippen LogP contribution in [0.1, 0.15) is 5.56 Å². The van der Waals surface area contributed by atoms with Crippen LogP contribution < -0.4 is 5.32 Å². The number of thiophene rings is 1. The van der Waals surface area contributed by atoms with Gasteiger partial charge in [-0.25, -0.2) is 4.98 Å². The van der Waals surface area contributed by atoms with Crippen LogP contribution in [0.25, 0.3) is 11.3 Å². The van der Waals surface area contributed by atoms with Crippen molar-refractivity contribution in [2.24, 2.45) is 0 Å². The van der Waals surface area contributed by atoms with E-state index in [1.807, 2.05) is 6.20 Å². The van der Waals surface area contributed by atoms with Crippen molar-refractivity contribution >= 4 is 17.0 Å². The topological polar surface area (TPSA) is 40.7 Å². The molecule has 3 rings (SSSR count). The van der Waals surface area contributed by atoms with Gasteiger partial charge in [-0.2, -0.15) is 11.3 Å². The minimum absolute atomic E-state index is 0.868. The van der Waals surface area contributed by atoms with E-state index in [2.05, 4.69) is 56.4 Å². The Balaban J connectivity index is 1.68. The molecule has 0 aliphatic heterocycles. The Morgan fingerprint density at radius 1 is 1.17 bits per heavy atom. The first-order valence-corrected chi connectivity index (χ1v) is 6.70. The van der Waals surface area contributed by atoms with Crippen LogP contribution in [-0.4, -0.2) is 9.97 Å². The Bertz CT molecular complexity index is 583. The molecule has 0 saturated carbocycles. The van der Waals surface area contributed by atoms with Crippen molar-refractivity contribution in [2.45, 2.75) is 6.54 Å². The molecule has 0 bridgehead atoms. The summed E-state index contributed by atoms with van der Waals surface area (Å²) >= 11 is 1.72. The fraction of sp³-hybridized carbons (Fsp3) is 0.0714. The number of anilines is 1. The van der Waals surface area contributed by atoms with Crippen molar-refractivity contribution in [3.63, 3.8) is 0 Å². The summed E-state index contributed by atoms with van der Waals surface area (Å²) in [5.74, 6) is 0. The zero-order valence-electron chi connectivity index (χ0n) is 9.76. The number of aromatic nitrogens is 2. The normalized spacial score (nSPS) is 10.4. The van der Waals surface area contributed by atoms with Crippen LogP contribution in [0, 0.1) is 0 Å². The quantitative estimate of drug-likeness (QED) is 0.745. The Morgan fingerprint density at radius 2 is 2.06 bits per heavy atom. The fourth-order valence-electron chi connectivity index (χ4n) is 1.78. The summed E-state index contributed by atoms with van der Waals surface area (Å²) < 4.78 is 0. The molecule has 0 radical (unpaired) electrons. The van der Waals surface area contributed by atoms with Gasteiger partial charge in [-0.15, -0.1) is 0 Å². The van der Waals surface area contributed by atoms with Gasteiger partial charge in [0.25, 0.3) is 0 Å². The van der Waals surface area contributed by atoms with E-state index in [1.165, 1.54) is 5.56 Å². The highest BCUT2D eigenvalue weighted by Gasteiger charge is 1.99. The number of hydrogen-bond donors (Lipinski definition) is 2. The third-order valence-corrected chi connectivity index (χ3v) is 3.50. The lowest BCUT2D eigenvalue weighted by Gasteiger charge is -2.05. The van der Waals surface area contributed by atoms with Gasteiger partial charge in [0.05, 0.1) is 18.2 Å². The molecule has 0 fully saturated rings. The highest BCUT2D eigenvalue weighted by molar-refractivity contribution is 7.07. The largest absolute Gasteiger partial charge is 0.381 e. The Morgan fingerprint density at radius 3 is 2.72 bits per heavy atom. The van der Waals surface area contributed by atoms with E-state index in [1.54, 1.807) is 17.7 Å². The number of benzene rings is 1. The van der Waals surface area contributed by atoms with Gasteiger partial charge in [-0.3, -0.25) is 0 Å². The third kappa shape index (κ3) is 2.43. The first-order valence-electron chi connectivity index (χ1n) is 5.75. The average Bonchev–Trinajstić information content (AvgIpc) is 3.10. The predicted octanol–water partition coefficient (Wildman–Crippen LogP) is 3.75. The molecular weight excluding hydrogens is 242 g/mol. The van der Waals surface area contributed by atoms with Crippen molar-refractivity contribution in [3.8, 4) is 11.3 Å². The minimum Gasteiger partial charge on any atom is -0.381 e. The molecule has 2 aromatic heterocycles. The molecule has 0 saturated heterocycles. The summed E-state index contributed by atoms with van der Waals surface area (Å²) in [6.07, 6.45) is 3.52. The second-order valence-electron chi connectivity index (χ2n) is 4.03. The summed E-state index contributed by atoms with van der Waals surface area (Å²) in [4.78, 5) is 7.12. The molecule has 0 atom stereocenters. The van der Waals surface area contributed by atoms with Gasteiger partial charge in [-0.05, 0) is 40.1 Å². The molecule has 2 N–H and O–H groups in total. The summed E-state index contributed by atoms with van der Waals surface area (Å²) in [7, 11) is 0. The zero-order valence-corrected chi connectivity index (χ0v) is 10.6. The molecule has 0 aliphatic rings. The van der Waals surface area contributed by atoms with Crippen molar-refractivity contribution in [1.29, 1.82) is 0 Å². The SMILES string of the molecule is c1ncc(-c2ccc(NCc3ccsc3)cc2)[nH]1. The van der Waals surface area contributed by atoms with Gasteiger partial charge >= 0.3 is 0 Å². The Kier molecular flexibility index (Phi) is 3.10. The van der Waals surface area contributed by atoms with Crippen LogP contribution >= 0.6 is 11.3 Å². The van der Waals surface area contributed by atoms with Gasteiger partial charge in [0.15, 0.2) is 0 Å². The lowest BCUT2D eigenvalue weighted by atomic mass is 10.1.